The zero-order valence-corrected chi connectivity index (χ0v) is 3.79. The van der Waals surface area contributed by atoms with Crippen LogP contribution in [-0.2, 0) is 0 Å². The Labute approximate surface area is 40.2 Å². The van der Waals surface area contributed by atoms with E-state index in [0.29, 0.717) is 6.26 Å². The summed E-state index contributed by atoms with van der Waals surface area (Å²) in [6, 6.07) is 0. The molecule has 7 heavy (non-hydrogen) atoms. The van der Waals surface area contributed by atoms with Crippen LogP contribution in [-0.4, -0.2) is 10.0 Å². The Balaban J connectivity index is 3.82. The van der Waals surface area contributed by atoms with Gasteiger partial charge in [-0.2, -0.15) is 0 Å². The minimum atomic E-state index is -0.667. The van der Waals surface area contributed by atoms with Gasteiger partial charge < -0.3 is 5.11 Å². The molecule has 0 radical (unpaired) electrons. The molecule has 0 heterocycles. The Morgan fingerprint density at radius 3 is 2.43 bits per heavy atom. The van der Waals surface area contributed by atoms with Gasteiger partial charge in [-0.15, -0.1) is 0 Å². The minimum absolute atomic E-state index is 0.250. The molecule has 1 N–H and O–H groups in total. The number of nitro groups is 1. The number of aliphatic hydroxyl groups is 1. The molecule has 0 rings (SSSR count). The van der Waals surface area contributed by atoms with E-state index in [4.69, 9.17) is 5.11 Å². The van der Waals surface area contributed by atoms with Crippen LogP contribution >= 0.6 is 0 Å². The van der Waals surface area contributed by atoms with Gasteiger partial charge in [0.2, 0.25) is 0 Å². The Kier molecular flexibility index (Phi) is 1.84. The third-order valence-electron chi connectivity index (χ3n) is 0.475. The molecule has 0 aliphatic rings. The first-order chi connectivity index (χ1) is 3.18. The SMILES string of the molecule is C/C(=C\O)[N+](=O)[O-]. The smallest absolute Gasteiger partial charge is 0.276 e. The van der Waals surface area contributed by atoms with Crippen molar-refractivity contribution in [2.45, 2.75) is 6.92 Å². The molecule has 0 aliphatic carbocycles. The van der Waals surface area contributed by atoms with Crippen molar-refractivity contribution >= 4 is 0 Å². The van der Waals surface area contributed by atoms with E-state index in [-0.39, 0.29) is 5.70 Å². The van der Waals surface area contributed by atoms with Crippen molar-refractivity contribution in [2.75, 3.05) is 0 Å². The van der Waals surface area contributed by atoms with Crippen LogP contribution in [0.3, 0.4) is 0 Å². The second-order valence-corrected chi connectivity index (χ2v) is 1.03. The molecule has 0 saturated carbocycles. The van der Waals surface area contributed by atoms with Gasteiger partial charge in [0.1, 0.15) is 0 Å². The molecular formula is C3H5NO3. The van der Waals surface area contributed by atoms with Crippen LogP contribution in [0.5, 0.6) is 0 Å². The molecule has 4 heteroatoms. The Hall–Kier alpha value is -1.06. The Morgan fingerprint density at radius 2 is 2.43 bits per heavy atom. The van der Waals surface area contributed by atoms with E-state index < -0.39 is 4.92 Å². The maximum atomic E-state index is 9.51. The molecule has 40 valence electrons. The molecule has 0 bridgehead atoms. The number of hydrogen-bond donors (Lipinski definition) is 1. The molecule has 0 aromatic rings. The monoisotopic (exact) mass is 103 g/mol. The highest BCUT2D eigenvalue weighted by Gasteiger charge is 1.97. The number of rotatable bonds is 1. The van der Waals surface area contributed by atoms with Gasteiger partial charge in [0.05, 0.1) is 4.92 Å². The summed E-state index contributed by atoms with van der Waals surface area (Å²) >= 11 is 0. The predicted octanol–water partition coefficient (Wildman–Crippen LogP) is 0.682. The highest BCUT2D eigenvalue weighted by molar-refractivity contribution is 4.76. The minimum Gasteiger partial charge on any atom is -0.509 e. The number of nitrogens with zero attached hydrogens (tertiary/aromatic N) is 1. The van der Waals surface area contributed by atoms with E-state index in [2.05, 4.69) is 0 Å². The average molecular weight is 103 g/mol. The van der Waals surface area contributed by atoms with Gasteiger partial charge in [-0.25, -0.2) is 0 Å². The maximum Gasteiger partial charge on any atom is 0.276 e. The van der Waals surface area contributed by atoms with Crippen LogP contribution in [0.4, 0.5) is 0 Å². The van der Waals surface area contributed by atoms with E-state index in [1.807, 2.05) is 0 Å². The van der Waals surface area contributed by atoms with E-state index in [1.54, 1.807) is 0 Å². The van der Waals surface area contributed by atoms with Gasteiger partial charge in [-0.3, -0.25) is 10.1 Å². The Bertz CT molecular complexity index is 107. The number of allylic oxidation sites excluding steroid dienone is 1. The number of aliphatic hydroxyl groups excluding tert-OH is 1. The van der Waals surface area contributed by atoms with Crippen LogP contribution in [0.2, 0.25) is 0 Å². The molecule has 0 amide bonds. The lowest BCUT2D eigenvalue weighted by molar-refractivity contribution is -0.425. The van der Waals surface area contributed by atoms with Crippen LogP contribution in [0, 0.1) is 10.1 Å². The fraction of sp³-hybridized carbons (Fsp3) is 0.333. The second-order valence-electron chi connectivity index (χ2n) is 1.03. The zero-order chi connectivity index (χ0) is 5.86. The average Bonchev–Trinajstić information content (AvgIpc) is 1.65. The van der Waals surface area contributed by atoms with E-state index in [9.17, 15) is 10.1 Å². The summed E-state index contributed by atoms with van der Waals surface area (Å²) in [5, 5.41) is 17.4. The van der Waals surface area contributed by atoms with Crippen molar-refractivity contribution in [3.63, 3.8) is 0 Å². The van der Waals surface area contributed by atoms with Gasteiger partial charge in [0.15, 0.2) is 6.26 Å². The highest BCUT2D eigenvalue weighted by Crippen LogP contribution is 1.87. The molecule has 0 spiro atoms. The van der Waals surface area contributed by atoms with Gasteiger partial charge in [-0.05, 0) is 0 Å². The molecule has 0 fully saturated rings. The summed E-state index contributed by atoms with van der Waals surface area (Å²) in [6.07, 6.45) is 0.458. The van der Waals surface area contributed by atoms with Gasteiger partial charge in [0, 0.05) is 6.92 Å². The third kappa shape index (κ3) is 1.75. The first-order valence-corrected chi connectivity index (χ1v) is 1.64. The number of hydrogen-bond acceptors (Lipinski definition) is 3. The second kappa shape index (κ2) is 2.17. The Morgan fingerprint density at radius 1 is 2.00 bits per heavy atom. The highest BCUT2D eigenvalue weighted by atomic mass is 16.6. The molecule has 0 aliphatic heterocycles. The summed E-state index contributed by atoms with van der Waals surface area (Å²) in [5.74, 6) is 0. The maximum absolute atomic E-state index is 9.51. The molecule has 0 saturated heterocycles. The predicted molar refractivity (Wildman–Crippen MR) is 23.4 cm³/mol. The normalized spacial score (nSPS) is 11.3. The van der Waals surface area contributed by atoms with Crippen molar-refractivity contribution in [3.8, 4) is 0 Å². The lowest BCUT2D eigenvalue weighted by Crippen LogP contribution is -1.91. The molecule has 4 nitrogen and oxygen atoms in total. The molecular weight excluding hydrogens is 98.0 g/mol. The molecule has 0 aromatic heterocycles. The first-order valence-electron chi connectivity index (χ1n) is 1.64. The summed E-state index contributed by atoms with van der Waals surface area (Å²) in [6.45, 7) is 1.21. The largest absolute Gasteiger partial charge is 0.509 e. The van der Waals surface area contributed by atoms with Crippen LogP contribution < -0.4 is 0 Å². The van der Waals surface area contributed by atoms with Crippen molar-refractivity contribution < 1.29 is 10.0 Å². The van der Waals surface area contributed by atoms with Crippen LogP contribution in [0.15, 0.2) is 12.0 Å². The lowest BCUT2D eigenvalue weighted by Gasteiger charge is -1.80. The third-order valence-corrected chi connectivity index (χ3v) is 0.475. The fourth-order valence-electron chi connectivity index (χ4n) is 0.0471. The van der Waals surface area contributed by atoms with Gasteiger partial charge in [-0.1, -0.05) is 0 Å². The molecule has 0 atom stereocenters. The van der Waals surface area contributed by atoms with Crippen molar-refractivity contribution in [1.29, 1.82) is 0 Å². The summed E-state index contributed by atoms with van der Waals surface area (Å²) in [4.78, 5) is 8.84. The van der Waals surface area contributed by atoms with E-state index in [1.165, 1.54) is 6.92 Å². The van der Waals surface area contributed by atoms with E-state index >= 15 is 0 Å². The zero-order valence-electron chi connectivity index (χ0n) is 3.79. The van der Waals surface area contributed by atoms with Crippen molar-refractivity contribution in [2.24, 2.45) is 0 Å². The molecule has 0 aromatic carbocycles. The van der Waals surface area contributed by atoms with Crippen LogP contribution in [0.25, 0.3) is 0 Å². The quantitative estimate of drug-likeness (QED) is 0.301. The molecule has 0 unspecified atom stereocenters. The first kappa shape index (κ1) is 5.94. The summed E-state index contributed by atoms with van der Waals surface area (Å²) < 4.78 is 0. The van der Waals surface area contributed by atoms with Gasteiger partial charge >= 0.3 is 0 Å². The van der Waals surface area contributed by atoms with Crippen LogP contribution in [0.1, 0.15) is 6.92 Å². The van der Waals surface area contributed by atoms with Crippen molar-refractivity contribution in [3.05, 3.63) is 22.1 Å². The topological polar surface area (TPSA) is 63.4 Å². The van der Waals surface area contributed by atoms with Gasteiger partial charge in [0.25, 0.3) is 5.70 Å². The summed E-state index contributed by atoms with van der Waals surface area (Å²) in [7, 11) is 0. The standard InChI is InChI=1S/C3H5NO3/c1-3(2-5)4(6)7/h2,5H,1H3/b3-2+. The summed E-state index contributed by atoms with van der Waals surface area (Å²) in [5.41, 5.74) is -0.250. The lowest BCUT2D eigenvalue weighted by atomic mass is 10.6. The van der Waals surface area contributed by atoms with E-state index in [0.717, 1.165) is 0 Å². The van der Waals surface area contributed by atoms with Crippen molar-refractivity contribution in [1.82, 2.24) is 0 Å². The fourth-order valence-corrected chi connectivity index (χ4v) is 0.0471.